The molecule has 0 atom stereocenters. The summed E-state index contributed by atoms with van der Waals surface area (Å²) in [6, 6.07) is 1.84. The highest BCUT2D eigenvalue weighted by Crippen LogP contribution is 2.06. The van der Waals surface area contributed by atoms with E-state index in [1.54, 1.807) is 0 Å². The summed E-state index contributed by atoms with van der Waals surface area (Å²) in [5.41, 5.74) is 0.534. The molecule has 0 radical (unpaired) electrons. The van der Waals surface area contributed by atoms with Gasteiger partial charge in [0.1, 0.15) is 6.33 Å². The Kier molecular flexibility index (Phi) is 4.28. The minimum absolute atomic E-state index is 0.164. The van der Waals surface area contributed by atoms with Crippen molar-refractivity contribution in [3.8, 4) is 0 Å². The molecule has 2 aromatic heterocycles. The second kappa shape index (κ2) is 5.94. The molecule has 2 aromatic rings. The first-order chi connectivity index (χ1) is 9.11. The molecule has 0 aliphatic rings. The van der Waals surface area contributed by atoms with Crippen molar-refractivity contribution < 1.29 is 5.11 Å². The predicted molar refractivity (Wildman–Crippen MR) is 70.9 cm³/mol. The minimum Gasteiger partial charge on any atom is -0.396 e. The van der Waals surface area contributed by atoms with Crippen LogP contribution in [-0.2, 0) is 6.54 Å². The van der Waals surface area contributed by atoms with Crippen molar-refractivity contribution in [3.05, 3.63) is 28.4 Å². The molecule has 0 aliphatic heterocycles. The van der Waals surface area contributed by atoms with Crippen molar-refractivity contribution in [1.29, 1.82) is 0 Å². The summed E-state index contributed by atoms with van der Waals surface area (Å²) < 4.78 is 1.30. The zero-order chi connectivity index (χ0) is 13.8. The van der Waals surface area contributed by atoms with E-state index in [9.17, 15) is 4.79 Å². The summed E-state index contributed by atoms with van der Waals surface area (Å²) in [5, 5.41) is 11.6. The smallest absolute Gasteiger partial charge is 0.274 e. The first-order valence-electron chi connectivity index (χ1n) is 6.39. The van der Waals surface area contributed by atoms with Gasteiger partial charge in [-0.15, -0.1) is 0 Å². The molecule has 19 heavy (non-hydrogen) atoms. The normalized spacial score (nSPS) is 11.8. The lowest BCUT2D eigenvalue weighted by molar-refractivity contribution is 0.183. The van der Waals surface area contributed by atoms with Crippen molar-refractivity contribution in [1.82, 2.24) is 24.5 Å². The third-order valence-corrected chi connectivity index (χ3v) is 3.02. The van der Waals surface area contributed by atoms with Crippen LogP contribution in [0.4, 0.5) is 0 Å². The molecule has 0 bridgehead atoms. The summed E-state index contributed by atoms with van der Waals surface area (Å²) in [6.07, 6.45) is 2.15. The van der Waals surface area contributed by atoms with E-state index < -0.39 is 0 Å². The lowest BCUT2D eigenvalue weighted by atomic mass is 10.2. The SMILES string of the molecule is CC(C)N(CCCO)Cc1cc(=O)n2[nH]cnc2n1. The standard InChI is InChI=1S/C12H19N5O2/c1-9(2)16(4-3-5-18)7-10-6-11(19)17-12(15-10)13-8-14-17/h6,8-9,18H,3-5,7H2,1-2H3,(H,13,14,15). The quantitative estimate of drug-likeness (QED) is 0.768. The van der Waals surface area contributed by atoms with Crippen LogP contribution in [0, 0.1) is 0 Å². The molecule has 0 aliphatic carbocycles. The Morgan fingerprint density at radius 1 is 1.53 bits per heavy atom. The molecule has 7 heteroatoms. The summed E-state index contributed by atoms with van der Waals surface area (Å²) in [5.74, 6) is 0.383. The molecule has 104 valence electrons. The van der Waals surface area contributed by atoms with Gasteiger partial charge in [-0.2, -0.15) is 4.52 Å². The Hall–Kier alpha value is -1.73. The zero-order valence-corrected chi connectivity index (χ0v) is 11.2. The number of aliphatic hydroxyl groups is 1. The fraction of sp³-hybridized carbons (Fsp3) is 0.583. The number of nitrogens with zero attached hydrogens (tertiary/aromatic N) is 4. The molecule has 0 fully saturated rings. The van der Waals surface area contributed by atoms with Gasteiger partial charge in [-0.05, 0) is 20.3 Å². The van der Waals surface area contributed by atoms with Crippen LogP contribution in [0.1, 0.15) is 26.0 Å². The van der Waals surface area contributed by atoms with E-state index in [1.807, 2.05) is 0 Å². The number of hydrogen-bond donors (Lipinski definition) is 2. The number of H-pyrrole nitrogens is 1. The highest BCUT2D eigenvalue weighted by molar-refractivity contribution is 5.25. The molecular formula is C12H19N5O2. The molecule has 0 saturated carbocycles. The van der Waals surface area contributed by atoms with Gasteiger partial charge >= 0.3 is 0 Å². The van der Waals surface area contributed by atoms with Gasteiger partial charge in [0.15, 0.2) is 0 Å². The van der Waals surface area contributed by atoms with Gasteiger partial charge in [-0.3, -0.25) is 14.8 Å². The van der Waals surface area contributed by atoms with Crippen LogP contribution in [0.25, 0.3) is 5.78 Å². The van der Waals surface area contributed by atoms with E-state index in [0.717, 1.165) is 6.54 Å². The molecule has 0 saturated heterocycles. The van der Waals surface area contributed by atoms with Crippen molar-refractivity contribution in [2.75, 3.05) is 13.2 Å². The van der Waals surface area contributed by atoms with E-state index in [0.29, 0.717) is 30.5 Å². The second-order valence-electron chi connectivity index (χ2n) is 4.75. The molecule has 0 spiro atoms. The average Bonchev–Trinajstić information content (AvgIpc) is 2.82. The monoisotopic (exact) mass is 265 g/mol. The Morgan fingerprint density at radius 2 is 2.32 bits per heavy atom. The van der Waals surface area contributed by atoms with Gasteiger partial charge in [0, 0.05) is 31.8 Å². The van der Waals surface area contributed by atoms with Gasteiger partial charge in [-0.1, -0.05) is 0 Å². The zero-order valence-electron chi connectivity index (χ0n) is 11.2. The van der Waals surface area contributed by atoms with Crippen LogP contribution in [0.3, 0.4) is 0 Å². The number of hydrogen-bond acceptors (Lipinski definition) is 5. The largest absolute Gasteiger partial charge is 0.396 e. The van der Waals surface area contributed by atoms with E-state index in [1.165, 1.54) is 16.9 Å². The molecule has 2 rings (SSSR count). The Bertz CT molecular complexity index is 589. The first kappa shape index (κ1) is 13.7. The van der Waals surface area contributed by atoms with Crippen LogP contribution < -0.4 is 5.56 Å². The van der Waals surface area contributed by atoms with Crippen LogP contribution in [-0.4, -0.2) is 48.8 Å². The van der Waals surface area contributed by atoms with Crippen LogP contribution in [0.2, 0.25) is 0 Å². The molecule has 7 nitrogen and oxygen atoms in total. The number of aliphatic hydroxyl groups excluding tert-OH is 1. The molecule has 0 unspecified atom stereocenters. The van der Waals surface area contributed by atoms with Crippen molar-refractivity contribution in [2.24, 2.45) is 0 Å². The Morgan fingerprint density at radius 3 is 3.00 bits per heavy atom. The minimum atomic E-state index is -0.164. The molecular weight excluding hydrogens is 246 g/mol. The highest BCUT2D eigenvalue weighted by Gasteiger charge is 2.12. The molecule has 2 N–H and O–H groups in total. The number of rotatable bonds is 6. The van der Waals surface area contributed by atoms with E-state index >= 15 is 0 Å². The summed E-state index contributed by atoms with van der Waals surface area (Å²) in [6.45, 7) is 5.68. The van der Waals surface area contributed by atoms with E-state index in [2.05, 4.69) is 33.8 Å². The van der Waals surface area contributed by atoms with Crippen LogP contribution in [0.5, 0.6) is 0 Å². The van der Waals surface area contributed by atoms with Crippen molar-refractivity contribution in [3.63, 3.8) is 0 Å². The fourth-order valence-corrected chi connectivity index (χ4v) is 1.95. The van der Waals surface area contributed by atoms with Gasteiger partial charge in [0.05, 0.1) is 5.69 Å². The van der Waals surface area contributed by atoms with Gasteiger partial charge < -0.3 is 5.11 Å². The maximum Gasteiger partial charge on any atom is 0.274 e. The summed E-state index contributed by atoms with van der Waals surface area (Å²) in [7, 11) is 0. The van der Waals surface area contributed by atoms with Crippen molar-refractivity contribution in [2.45, 2.75) is 32.9 Å². The lowest BCUT2D eigenvalue weighted by Crippen LogP contribution is -2.32. The van der Waals surface area contributed by atoms with Crippen LogP contribution in [0.15, 0.2) is 17.2 Å². The maximum absolute atomic E-state index is 11.8. The van der Waals surface area contributed by atoms with E-state index in [-0.39, 0.29) is 12.2 Å². The number of aromatic amines is 1. The topological polar surface area (TPSA) is 86.5 Å². The lowest BCUT2D eigenvalue weighted by Gasteiger charge is -2.25. The fourth-order valence-electron chi connectivity index (χ4n) is 1.95. The number of nitrogens with one attached hydrogen (secondary N) is 1. The maximum atomic E-state index is 11.8. The third-order valence-electron chi connectivity index (χ3n) is 3.02. The molecule has 0 aromatic carbocycles. The highest BCUT2D eigenvalue weighted by atomic mass is 16.3. The molecule has 0 amide bonds. The van der Waals surface area contributed by atoms with Gasteiger partial charge in [0.25, 0.3) is 11.3 Å². The van der Waals surface area contributed by atoms with E-state index in [4.69, 9.17) is 5.11 Å². The van der Waals surface area contributed by atoms with Crippen LogP contribution >= 0.6 is 0 Å². The number of aromatic nitrogens is 4. The number of fused-ring (bicyclic) bond motifs is 1. The van der Waals surface area contributed by atoms with Crippen molar-refractivity contribution >= 4 is 5.78 Å². The predicted octanol–water partition coefficient (Wildman–Crippen LogP) is 0.0104. The van der Waals surface area contributed by atoms with Gasteiger partial charge in [0.2, 0.25) is 0 Å². The third kappa shape index (κ3) is 3.18. The van der Waals surface area contributed by atoms with Gasteiger partial charge in [-0.25, -0.2) is 9.97 Å². The Balaban J connectivity index is 2.20. The summed E-state index contributed by atoms with van der Waals surface area (Å²) >= 11 is 0. The summed E-state index contributed by atoms with van der Waals surface area (Å²) in [4.78, 5) is 22.3. The Labute approximate surface area is 110 Å². The average molecular weight is 265 g/mol. The first-order valence-corrected chi connectivity index (χ1v) is 6.39. The molecule has 2 heterocycles. The second-order valence-corrected chi connectivity index (χ2v) is 4.75.